The number of halogens is 2. The number of amides is 1. The van der Waals surface area contributed by atoms with Crippen molar-refractivity contribution in [2.24, 2.45) is 0 Å². The molecule has 0 aromatic heterocycles. The molecule has 3 rings (SSSR count). The van der Waals surface area contributed by atoms with Crippen molar-refractivity contribution in [2.75, 3.05) is 23.3 Å². The lowest BCUT2D eigenvalue weighted by molar-refractivity contribution is -0.114. The summed E-state index contributed by atoms with van der Waals surface area (Å²) in [6, 6.07) is 17.0. The Morgan fingerprint density at radius 2 is 1.60 bits per heavy atom. The van der Waals surface area contributed by atoms with E-state index in [1.54, 1.807) is 36.4 Å². The van der Waals surface area contributed by atoms with E-state index in [2.05, 4.69) is 5.32 Å². The Morgan fingerprint density at radius 1 is 1.00 bits per heavy atom. The minimum atomic E-state index is -4.14. The third kappa shape index (κ3) is 5.08. The maximum Gasteiger partial charge on any atom is 0.264 e. The van der Waals surface area contributed by atoms with Crippen LogP contribution in [0.3, 0.4) is 0 Å². The van der Waals surface area contributed by atoms with Gasteiger partial charge in [-0.05, 0) is 72.8 Å². The highest BCUT2D eigenvalue weighted by atomic mass is 35.5. The highest BCUT2D eigenvalue weighted by Crippen LogP contribution is 2.26. The van der Waals surface area contributed by atoms with Crippen LogP contribution in [0.5, 0.6) is 5.75 Å². The lowest BCUT2D eigenvalue weighted by Gasteiger charge is -2.24. The molecule has 0 aliphatic carbocycles. The zero-order valence-electron chi connectivity index (χ0n) is 15.9. The summed E-state index contributed by atoms with van der Waals surface area (Å²) in [6.07, 6.45) is 0. The molecule has 9 heteroatoms. The molecule has 3 aromatic rings. The maximum absolute atomic E-state index is 13.3. The highest BCUT2D eigenvalue weighted by Gasteiger charge is 2.27. The molecule has 0 saturated carbocycles. The molecule has 0 spiro atoms. The molecule has 0 heterocycles. The Hall–Kier alpha value is -3.10. The van der Waals surface area contributed by atoms with Crippen LogP contribution in [0.2, 0.25) is 5.02 Å². The van der Waals surface area contributed by atoms with Crippen LogP contribution < -0.4 is 14.4 Å². The average Bonchev–Trinajstić information content (AvgIpc) is 2.74. The van der Waals surface area contributed by atoms with Gasteiger partial charge in [0, 0.05) is 10.7 Å². The first-order chi connectivity index (χ1) is 14.3. The standard InChI is InChI=1S/C21H18ClFN2O4S/c1-29-19-10-8-18(9-11-19)25(30(27,28)20-12-4-16(23)5-13-20)14-21(26)24-17-6-2-15(22)3-7-17/h2-13H,14H2,1H3,(H,24,26). The number of hydrogen-bond acceptors (Lipinski definition) is 4. The summed E-state index contributed by atoms with van der Waals surface area (Å²) < 4.78 is 45.7. The smallest absolute Gasteiger partial charge is 0.264 e. The minimum Gasteiger partial charge on any atom is -0.497 e. The van der Waals surface area contributed by atoms with Crippen molar-refractivity contribution in [3.8, 4) is 5.75 Å². The predicted molar refractivity (Wildman–Crippen MR) is 114 cm³/mol. The van der Waals surface area contributed by atoms with E-state index in [1.165, 1.54) is 19.2 Å². The quantitative estimate of drug-likeness (QED) is 0.584. The molecule has 0 radical (unpaired) electrons. The third-order valence-electron chi connectivity index (χ3n) is 4.18. The molecule has 30 heavy (non-hydrogen) atoms. The monoisotopic (exact) mass is 448 g/mol. The van der Waals surface area contributed by atoms with E-state index in [4.69, 9.17) is 16.3 Å². The Labute approximate surface area is 178 Å². The summed E-state index contributed by atoms with van der Waals surface area (Å²) in [5.41, 5.74) is 0.727. The van der Waals surface area contributed by atoms with Crippen molar-refractivity contribution < 1.29 is 22.3 Å². The molecule has 0 aliphatic heterocycles. The van der Waals surface area contributed by atoms with E-state index < -0.39 is 28.3 Å². The number of hydrogen-bond donors (Lipinski definition) is 1. The van der Waals surface area contributed by atoms with Crippen LogP contribution in [0.25, 0.3) is 0 Å². The molecule has 0 unspecified atom stereocenters. The van der Waals surface area contributed by atoms with Gasteiger partial charge in [0.2, 0.25) is 5.91 Å². The van der Waals surface area contributed by atoms with E-state index in [-0.39, 0.29) is 10.6 Å². The number of carbonyl (C=O) groups excluding carboxylic acids is 1. The molecule has 0 fully saturated rings. The summed E-state index contributed by atoms with van der Waals surface area (Å²) in [5, 5.41) is 3.14. The summed E-state index contributed by atoms with van der Waals surface area (Å²) in [5.74, 6) is -0.590. The predicted octanol–water partition coefficient (Wildman–Crippen LogP) is 4.32. The lowest BCUT2D eigenvalue weighted by Crippen LogP contribution is -2.38. The van der Waals surface area contributed by atoms with Crippen LogP contribution in [0.1, 0.15) is 0 Å². The fourth-order valence-corrected chi connectivity index (χ4v) is 4.21. The molecule has 1 N–H and O–H groups in total. The molecule has 0 atom stereocenters. The van der Waals surface area contributed by atoms with E-state index >= 15 is 0 Å². The number of ether oxygens (including phenoxy) is 1. The van der Waals surface area contributed by atoms with Gasteiger partial charge in [0.05, 0.1) is 17.7 Å². The zero-order chi connectivity index (χ0) is 21.7. The molecule has 0 saturated heterocycles. The fraction of sp³-hybridized carbons (Fsp3) is 0.0952. The summed E-state index contributed by atoms with van der Waals surface area (Å²) in [7, 11) is -2.65. The first-order valence-corrected chi connectivity index (χ1v) is 10.6. The van der Waals surface area contributed by atoms with E-state index in [0.717, 1.165) is 28.6 Å². The number of benzene rings is 3. The van der Waals surface area contributed by atoms with Crippen LogP contribution in [0.4, 0.5) is 15.8 Å². The van der Waals surface area contributed by atoms with Gasteiger partial charge in [-0.15, -0.1) is 0 Å². The van der Waals surface area contributed by atoms with Gasteiger partial charge in [-0.3, -0.25) is 9.10 Å². The highest BCUT2D eigenvalue weighted by molar-refractivity contribution is 7.92. The van der Waals surface area contributed by atoms with Crippen molar-refractivity contribution in [3.05, 3.63) is 83.6 Å². The fourth-order valence-electron chi connectivity index (χ4n) is 2.66. The molecule has 1 amide bonds. The van der Waals surface area contributed by atoms with Crippen LogP contribution in [-0.4, -0.2) is 28.0 Å². The second kappa shape index (κ2) is 9.15. The summed E-state index contributed by atoms with van der Waals surface area (Å²) in [4.78, 5) is 12.5. The normalized spacial score (nSPS) is 11.0. The summed E-state index contributed by atoms with van der Waals surface area (Å²) >= 11 is 5.84. The van der Waals surface area contributed by atoms with Gasteiger partial charge in [0.1, 0.15) is 18.1 Å². The number of nitrogens with one attached hydrogen (secondary N) is 1. The van der Waals surface area contributed by atoms with Gasteiger partial charge in [0.25, 0.3) is 10.0 Å². The van der Waals surface area contributed by atoms with Crippen LogP contribution >= 0.6 is 11.6 Å². The van der Waals surface area contributed by atoms with Crippen molar-refractivity contribution in [3.63, 3.8) is 0 Å². The van der Waals surface area contributed by atoms with Gasteiger partial charge in [-0.25, -0.2) is 12.8 Å². The zero-order valence-corrected chi connectivity index (χ0v) is 17.5. The number of carbonyl (C=O) groups is 1. The first-order valence-electron chi connectivity index (χ1n) is 8.77. The van der Waals surface area contributed by atoms with Gasteiger partial charge in [-0.1, -0.05) is 11.6 Å². The van der Waals surface area contributed by atoms with Crippen molar-refractivity contribution in [1.29, 1.82) is 0 Å². The number of rotatable bonds is 7. The van der Waals surface area contributed by atoms with Crippen LogP contribution in [0.15, 0.2) is 77.7 Å². The molecule has 0 bridgehead atoms. The van der Waals surface area contributed by atoms with Crippen molar-refractivity contribution in [1.82, 2.24) is 0 Å². The molecular weight excluding hydrogens is 431 g/mol. The van der Waals surface area contributed by atoms with Gasteiger partial charge in [0.15, 0.2) is 0 Å². The topological polar surface area (TPSA) is 75.7 Å². The molecule has 3 aromatic carbocycles. The third-order valence-corrected chi connectivity index (χ3v) is 6.22. The average molecular weight is 449 g/mol. The van der Waals surface area contributed by atoms with Crippen molar-refractivity contribution >= 4 is 38.9 Å². The Kier molecular flexibility index (Phi) is 6.59. The first kappa shape index (κ1) is 21.6. The van der Waals surface area contributed by atoms with Crippen molar-refractivity contribution in [2.45, 2.75) is 4.90 Å². The molecular formula is C21H18ClFN2O4S. The van der Waals surface area contributed by atoms with E-state index in [9.17, 15) is 17.6 Å². The number of methoxy groups -OCH3 is 1. The second-order valence-corrected chi connectivity index (χ2v) is 8.52. The van der Waals surface area contributed by atoms with E-state index in [1.807, 2.05) is 0 Å². The van der Waals surface area contributed by atoms with Gasteiger partial charge in [-0.2, -0.15) is 0 Å². The van der Waals surface area contributed by atoms with Crippen LogP contribution in [-0.2, 0) is 14.8 Å². The van der Waals surface area contributed by atoms with Crippen LogP contribution in [0, 0.1) is 5.82 Å². The summed E-state index contributed by atoms with van der Waals surface area (Å²) in [6.45, 7) is -0.491. The number of nitrogens with zero attached hydrogens (tertiary/aromatic N) is 1. The second-order valence-electron chi connectivity index (χ2n) is 6.22. The molecule has 156 valence electrons. The lowest BCUT2D eigenvalue weighted by atomic mass is 10.3. The van der Waals surface area contributed by atoms with Gasteiger partial charge >= 0.3 is 0 Å². The SMILES string of the molecule is COc1ccc(N(CC(=O)Nc2ccc(Cl)cc2)S(=O)(=O)c2ccc(F)cc2)cc1. The minimum absolute atomic E-state index is 0.140. The largest absolute Gasteiger partial charge is 0.497 e. The number of anilines is 2. The molecule has 6 nitrogen and oxygen atoms in total. The van der Waals surface area contributed by atoms with E-state index in [0.29, 0.717) is 16.5 Å². The maximum atomic E-state index is 13.3. The Bertz CT molecular complexity index is 1120. The van der Waals surface area contributed by atoms with Gasteiger partial charge < -0.3 is 10.1 Å². The Balaban J connectivity index is 1.93. The Morgan fingerprint density at radius 3 is 2.17 bits per heavy atom. The number of sulfonamides is 1. The molecule has 0 aliphatic rings.